The van der Waals surface area contributed by atoms with E-state index in [1.54, 1.807) is 12.3 Å². The zero-order valence-corrected chi connectivity index (χ0v) is 12.1. The van der Waals surface area contributed by atoms with E-state index >= 15 is 0 Å². The molecule has 1 aliphatic heterocycles. The molecule has 1 saturated carbocycles. The van der Waals surface area contributed by atoms with Crippen LogP contribution in [0.4, 0.5) is 5.69 Å². The van der Waals surface area contributed by atoms with Crippen molar-refractivity contribution in [1.29, 1.82) is 0 Å². The Bertz CT molecular complexity index is 550. The van der Waals surface area contributed by atoms with Crippen LogP contribution in [0, 0.1) is 16.0 Å². The third-order valence-electron chi connectivity index (χ3n) is 4.98. The lowest BCUT2D eigenvalue weighted by molar-refractivity contribution is -0.387. The Labute approximate surface area is 123 Å². The van der Waals surface area contributed by atoms with Gasteiger partial charge in [0, 0.05) is 6.20 Å². The molecular formula is C15H20N2O4. The molecule has 114 valence electrons. The first-order valence-electron chi connectivity index (χ1n) is 7.48. The molecule has 1 N–H and O–H groups in total. The summed E-state index contributed by atoms with van der Waals surface area (Å²) >= 11 is 0. The number of aromatic nitrogens is 1. The Kier molecular flexibility index (Phi) is 3.67. The Balaban J connectivity index is 1.90. The van der Waals surface area contributed by atoms with Gasteiger partial charge in [0.25, 0.3) is 5.69 Å². The van der Waals surface area contributed by atoms with Gasteiger partial charge in [-0.2, -0.15) is 0 Å². The summed E-state index contributed by atoms with van der Waals surface area (Å²) in [5.74, 6) is 0.0642. The molecule has 0 bridgehead atoms. The van der Waals surface area contributed by atoms with Crippen LogP contribution in [-0.4, -0.2) is 26.7 Å². The minimum Gasteiger partial charge on any atom is -0.387 e. The molecule has 21 heavy (non-hydrogen) atoms. The van der Waals surface area contributed by atoms with Gasteiger partial charge in [0.15, 0.2) is 0 Å². The number of hydrogen-bond donors (Lipinski definition) is 1. The van der Waals surface area contributed by atoms with Crippen molar-refractivity contribution in [3.05, 3.63) is 34.1 Å². The summed E-state index contributed by atoms with van der Waals surface area (Å²) in [6.45, 7) is 2.01. The second-order valence-electron chi connectivity index (χ2n) is 6.18. The predicted octanol–water partition coefficient (Wildman–Crippen LogP) is 2.76. The van der Waals surface area contributed by atoms with E-state index in [4.69, 9.17) is 4.74 Å². The fourth-order valence-corrected chi connectivity index (χ4v) is 3.70. The number of pyridine rings is 1. The molecule has 0 aromatic carbocycles. The van der Waals surface area contributed by atoms with E-state index in [1.165, 1.54) is 6.20 Å². The molecule has 3 rings (SSSR count). The smallest absolute Gasteiger partial charge is 0.293 e. The number of hydrogen-bond acceptors (Lipinski definition) is 5. The maximum atomic E-state index is 11.2. The molecule has 0 radical (unpaired) electrons. The van der Waals surface area contributed by atoms with Crippen molar-refractivity contribution < 1.29 is 14.8 Å². The van der Waals surface area contributed by atoms with E-state index in [0.717, 1.165) is 25.7 Å². The predicted molar refractivity (Wildman–Crippen MR) is 75.7 cm³/mol. The summed E-state index contributed by atoms with van der Waals surface area (Å²) in [6.07, 6.45) is 6.46. The lowest BCUT2D eigenvalue weighted by Crippen LogP contribution is -2.55. The van der Waals surface area contributed by atoms with Gasteiger partial charge in [-0.1, -0.05) is 19.8 Å². The highest BCUT2D eigenvalue weighted by Gasteiger charge is 2.50. The fourth-order valence-electron chi connectivity index (χ4n) is 3.70. The van der Waals surface area contributed by atoms with Gasteiger partial charge < -0.3 is 9.84 Å². The van der Waals surface area contributed by atoms with Crippen LogP contribution < -0.4 is 0 Å². The Hall–Kier alpha value is -1.53. The molecule has 0 amide bonds. The van der Waals surface area contributed by atoms with Crippen molar-refractivity contribution in [3.63, 3.8) is 0 Å². The lowest BCUT2D eigenvalue weighted by Gasteiger charge is -2.49. The van der Waals surface area contributed by atoms with Crippen molar-refractivity contribution >= 4 is 5.69 Å². The largest absolute Gasteiger partial charge is 0.387 e. The summed E-state index contributed by atoms with van der Waals surface area (Å²) in [4.78, 5) is 14.6. The van der Waals surface area contributed by atoms with E-state index in [0.29, 0.717) is 12.0 Å². The van der Waals surface area contributed by atoms with E-state index in [-0.39, 0.29) is 23.8 Å². The quantitative estimate of drug-likeness (QED) is 0.669. The van der Waals surface area contributed by atoms with Crippen molar-refractivity contribution in [2.75, 3.05) is 0 Å². The monoisotopic (exact) mass is 292 g/mol. The molecule has 1 aromatic rings. The molecule has 1 aliphatic carbocycles. The third kappa shape index (κ3) is 2.42. The second kappa shape index (κ2) is 5.35. The van der Waals surface area contributed by atoms with E-state index < -0.39 is 10.5 Å². The van der Waals surface area contributed by atoms with Crippen LogP contribution >= 0.6 is 0 Å². The molecule has 0 spiro atoms. The Morgan fingerprint density at radius 2 is 2.33 bits per heavy atom. The maximum Gasteiger partial charge on any atom is 0.293 e. The highest BCUT2D eigenvalue weighted by molar-refractivity contribution is 5.39. The van der Waals surface area contributed by atoms with Gasteiger partial charge in [0.1, 0.15) is 6.20 Å². The van der Waals surface area contributed by atoms with E-state index in [9.17, 15) is 15.2 Å². The van der Waals surface area contributed by atoms with Crippen LogP contribution in [0.25, 0.3) is 0 Å². The summed E-state index contributed by atoms with van der Waals surface area (Å²) in [5, 5.41) is 22.0. The van der Waals surface area contributed by atoms with Gasteiger partial charge in [-0.05, 0) is 31.2 Å². The third-order valence-corrected chi connectivity index (χ3v) is 4.98. The van der Waals surface area contributed by atoms with Gasteiger partial charge >= 0.3 is 0 Å². The highest BCUT2D eigenvalue weighted by atomic mass is 16.6. The standard InChI is InChI=1S/C15H20N2O4/c1-10-8-13(11-5-7-16-9-12(11)17(19)20)21-14-4-2-3-6-15(10,14)18/h5,7,9-10,13-14,18H,2-4,6,8H2,1H3/t10-,13-,14-,15+/m1/s1. The first kappa shape index (κ1) is 14.4. The minimum atomic E-state index is -0.781. The van der Waals surface area contributed by atoms with Gasteiger partial charge in [0.05, 0.1) is 28.3 Å². The van der Waals surface area contributed by atoms with Crippen molar-refractivity contribution in [1.82, 2.24) is 4.98 Å². The Morgan fingerprint density at radius 3 is 3.10 bits per heavy atom. The average molecular weight is 292 g/mol. The first-order valence-corrected chi connectivity index (χ1v) is 7.48. The van der Waals surface area contributed by atoms with Crippen LogP contribution in [0.3, 0.4) is 0 Å². The fraction of sp³-hybridized carbons (Fsp3) is 0.667. The van der Waals surface area contributed by atoms with Crippen molar-refractivity contribution in [2.45, 2.75) is 56.8 Å². The molecule has 2 aliphatic rings. The second-order valence-corrected chi connectivity index (χ2v) is 6.18. The average Bonchev–Trinajstić information content (AvgIpc) is 2.48. The summed E-state index contributed by atoms with van der Waals surface area (Å²) in [6, 6.07) is 1.66. The summed E-state index contributed by atoms with van der Waals surface area (Å²) in [7, 11) is 0. The summed E-state index contributed by atoms with van der Waals surface area (Å²) < 4.78 is 6.06. The number of nitrogens with zero attached hydrogens (tertiary/aromatic N) is 2. The van der Waals surface area contributed by atoms with Gasteiger partial charge in [-0.25, -0.2) is 0 Å². The number of ether oxygens (including phenoxy) is 1. The number of fused-ring (bicyclic) bond motifs is 1. The molecule has 2 fully saturated rings. The van der Waals surface area contributed by atoms with Crippen LogP contribution in [0.5, 0.6) is 0 Å². The molecule has 2 heterocycles. The number of nitro groups is 1. The molecule has 4 atom stereocenters. The van der Waals surface area contributed by atoms with E-state index in [2.05, 4.69) is 4.98 Å². The zero-order chi connectivity index (χ0) is 15.0. The maximum absolute atomic E-state index is 11.2. The molecule has 6 heteroatoms. The zero-order valence-electron chi connectivity index (χ0n) is 12.1. The van der Waals surface area contributed by atoms with Crippen LogP contribution in [-0.2, 0) is 4.74 Å². The topological polar surface area (TPSA) is 85.5 Å². The van der Waals surface area contributed by atoms with Crippen LogP contribution in [0.1, 0.15) is 50.7 Å². The summed E-state index contributed by atoms with van der Waals surface area (Å²) in [5.41, 5.74) is -0.221. The van der Waals surface area contributed by atoms with Crippen LogP contribution in [0.15, 0.2) is 18.5 Å². The molecular weight excluding hydrogens is 272 g/mol. The van der Waals surface area contributed by atoms with Gasteiger partial charge in [0.2, 0.25) is 0 Å². The molecule has 1 aromatic heterocycles. The van der Waals surface area contributed by atoms with Crippen molar-refractivity contribution in [3.8, 4) is 0 Å². The lowest BCUT2D eigenvalue weighted by atomic mass is 9.70. The highest BCUT2D eigenvalue weighted by Crippen LogP contribution is 2.48. The SMILES string of the molecule is C[C@@H]1C[C@H](c2ccncc2[N+](=O)[O-])O[C@@H]2CCCC[C@]12O. The molecule has 6 nitrogen and oxygen atoms in total. The molecule has 1 saturated heterocycles. The van der Waals surface area contributed by atoms with Gasteiger partial charge in [-0.15, -0.1) is 0 Å². The van der Waals surface area contributed by atoms with Gasteiger partial charge in [-0.3, -0.25) is 15.1 Å². The first-order chi connectivity index (χ1) is 10.0. The van der Waals surface area contributed by atoms with Crippen molar-refractivity contribution in [2.24, 2.45) is 5.92 Å². The van der Waals surface area contributed by atoms with Crippen LogP contribution in [0.2, 0.25) is 0 Å². The molecule has 0 unspecified atom stereocenters. The Morgan fingerprint density at radius 1 is 1.52 bits per heavy atom. The number of aliphatic hydroxyl groups is 1. The number of rotatable bonds is 2. The normalized spacial score (nSPS) is 36.0. The van der Waals surface area contributed by atoms with E-state index in [1.807, 2.05) is 6.92 Å². The minimum absolute atomic E-state index is 0.00375.